The molecule has 2 N–H and O–H groups in total. The molecule has 0 radical (unpaired) electrons. The minimum absolute atomic E-state index is 0.0783. The molecule has 2 heterocycles. The molecule has 30 heavy (non-hydrogen) atoms. The first-order valence-corrected chi connectivity index (χ1v) is 10.0. The Morgan fingerprint density at radius 2 is 1.53 bits per heavy atom. The van der Waals surface area contributed by atoms with Gasteiger partial charge in [0.05, 0.1) is 24.9 Å². The Morgan fingerprint density at radius 1 is 1.00 bits per heavy atom. The fourth-order valence-electron chi connectivity index (χ4n) is 3.94. The van der Waals surface area contributed by atoms with E-state index >= 15 is 0 Å². The quantitative estimate of drug-likeness (QED) is 0.705. The number of carboxylic acids is 2. The highest BCUT2D eigenvalue weighted by Crippen LogP contribution is 2.25. The van der Waals surface area contributed by atoms with Crippen LogP contribution < -0.4 is 4.74 Å². The van der Waals surface area contributed by atoms with E-state index in [4.69, 9.17) is 29.3 Å². The zero-order valence-corrected chi connectivity index (χ0v) is 17.6. The monoisotopic (exact) mass is 422 g/mol. The first kappa shape index (κ1) is 23.6. The fourth-order valence-corrected chi connectivity index (χ4v) is 3.94. The smallest absolute Gasteiger partial charge is 0.414 e. The topological polar surface area (TPSA) is 117 Å². The lowest BCUT2D eigenvalue weighted by atomic mass is 10.0. The predicted octanol–water partition coefficient (Wildman–Crippen LogP) is 1.56. The van der Waals surface area contributed by atoms with Crippen LogP contribution in [-0.2, 0) is 14.3 Å². The summed E-state index contributed by atoms with van der Waals surface area (Å²) in [6.45, 7) is 7.89. The number of morpholine rings is 1. The summed E-state index contributed by atoms with van der Waals surface area (Å²) in [6.07, 6.45) is 2.64. The molecule has 2 saturated heterocycles. The van der Waals surface area contributed by atoms with Crippen molar-refractivity contribution in [1.29, 1.82) is 0 Å². The number of piperidine rings is 1. The van der Waals surface area contributed by atoms with Crippen molar-refractivity contribution in [2.75, 3.05) is 33.3 Å². The molecule has 2 aliphatic rings. The van der Waals surface area contributed by atoms with Crippen LogP contribution in [0.25, 0.3) is 0 Å². The second kappa shape index (κ2) is 10.9. The number of methoxy groups -OCH3 is 1. The van der Waals surface area contributed by atoms with E-state index in [1.54, 1.807) is 7.11 Å². The van der Waals surface area contributed by atoms with Gasteiger partial charge >= 0.3 is 11.9 Å². The average Bonchev–Trinajstić information content (AvgIpc) is 2.73. The van der Waals surface area contributed by atoms with Crippen LogP contribution >= 0.6 is 0 Å². The van der Waals surface area contributed by atoms with Gasteiger partial charge in [-0.3, -0.25) is 9.69 Å². The maximum absolute atomic E-state index is 12.8. The maximum atomic E-state index is 12.8. The molecule has 3 rings (SSSR count). The van der Waals surface area contributed by atoms with Gasteiger partial charge in [-0.25, -0.2) is 9.59 Å². The molecule has 2 atom stereocenters. The van der Waals surface area contributed by atoms with Gasteiger partial charge in [0, 0.05) is 32.2 Å². The Balaban J connectivity index is 0.000000469. The molecule has 166 valence electrons. The van der Waals surface area contributed by atoms with Crippen molar-refractivity contribution in [3.05, 3.63) is 29.8 Å². The number of carbonyl (C=O) groups is 3. The van der Waals surface area contributed by atoms with E-state index in [1.807, 2.05) is 29.2 Å². The zero-order chi connectivity index (χ0) is 22.3. The normalized spacial score (nSPS) is 22.6. The molecule has 2 aliphatic heterocycles. The summed E-state index contributed by atoms with van der Waals surface area (Å²) in [6, 6.07) is 8.02. The summed E-state index contributed by atoms with van der Waals surface area (Å²) in [7, 11) is 1.61. The second-order valence-corrected chi connectivity index (χ2v) is 7.55. The van der Waals surface area contributed by atoms with Crippen LogP contribution in [0.15, 0.2) is 24.3 Å². The summed E-state index contributed by atoms with van der Waals surface area (Å²) in [4.78, 5) is 35.5. The molecule has 0 saturated carbocycles. The molecule has 1 aromatic carbocycles. The SMILES string of the molecule is COc1ccccc1C(=O)N1CCC(N2CC(C)OC(C)C2)CC1.O=C(O)C(=O)O. The van der Waals surface area contributed by atoms with Crippen molar-refractivity contribution in [3.8, 4) is 5.75 Å². The molecule has 2 unspecified atom stereocenters. The van der Waals surface area contributed by atoms with Gasteiger partial charge in [-0.15, -0.1) is 0 Å². The molecule has 0 bridgehead atoms. The summed E-state index contributed by atoms with van der Waals surface area (Å²) in [5.74, 6) is -2.92. The standard InChI is InChI=1S/C19H28N2O3.C2H2O4/c1-14-12-21(13-15(2)24-14)16-8-10-20(11-9-16)19(22)17-6-4-5-7-18(17)23-3;3-1(4)2(5)6/h4-7,14-16H,8-13H2,1-3H3;(H,3,4)(H,5,6). The molecule has 1 amide bonds. The molecule has 9 heteroatoms. The van der Waals surface area contributed by atoms with Crippen molar-refractivity contribution < 1.29 is 34.1 Å². The molecular formula is C21H30N2O7. The predicted molar refractivity (Wildman–Crippen MR) is 109 cm³/mol. The Kier molecular flexibility index (Phi) is 8.61. The van der Waals surface area contributed by atoms with Crippen molar-refractivity contribution in [2.24, 2.45) is 0 Å². The number of amides is 1. The minimum atomic E-state index is -1.82. The molecule has 0 aromatic heterocycles. The summed E-state index contributed by atoms with van der Waals surface area (Å²) in [5, 5.41) is 14.8. The molecule has 0 spiro atoms. The highest BCUT2D eigenvalue weighted by atomic mass is 16.5. The van der Waals surface area contributed by atoms with Crippen molar-refractivity contribution >= 4 is 17.8 Å². The number of carbonyl (C=O) groups excluding carboxylic acids is 1. The van der Waals surface area contributed by atoms with E-state index in [2.05, 4.69) is 18.7 Å². The molecular weight excluding hydrogens is 392 g/mol. The van der Waals surface area contributed by atoms with Gasteiger partial charge in [0.15, 0.2) is 0 Å². The van der Waals surface area contributed by atoms with E-state index in [0.29, 0.717) is 29.6 Å². The van der Waals surface area contributed by atoms with Crippen LogP contribution in [0, 0.1) is 0 Å². The Hall–Kier alpha value is -2.65. The summed E-state index contributed by atoms with van der Waals surface area (Å²) < 4.78 is 11.2. The first-order valence-electron chi connectivity index (χ1n) is 10.0. The van der Waals surface area contributed by atoms with Crippen molar-refractivity contribution in [1.82, 2.24) is 9.80 Å². The fraction of sp³-hybridized carbons (Fsp3) is 0.571. The number of nitrogens with zero attached hydrogens (tertiary/aromatic N) is 2. The molecule has 9 nitrogen and oxygen atoms in total. The molecule has 0 aliphatic carbocycles. The van der Waals surface area contributed by atoms with E-state index in [-0.39, 0.29) is 5.91 Å². The Labute approximate surface area is 176 Å². The van der Waals surface area contributed by atoms with Crippen LogP contribution in [0.4, 0.5) is 0 Å². The third-order valence-corrected chi connectivity index (χ3v) is 5.24. The van der Waals surface area contributed by atoms with E-state index in [1.165, 1.54) is 0 Å². The van der Waals surface area contributed by atoms with Crippen LogP contribution in [0.5, 0.6) is 5.75 Å². The number of hydrogen-bond acceptors (Lipinski definition) is 6. The third kappa shape index (κ3) is 6.43. The number of likely N-dealkylation sites (tertiary alicyclic amines) is 1. The molecule has 2 fully saturated rings. The van der Waals surface area contributed by atoms with Gasteiger partial charge in [-0.05, 0) is 38.8 Å². The van der Waals surface area contributed by atoms with Gasteiger partial charge < -0.3 is 24.6 Å². The van der Waals surface area contributed by atoms with Gasteiger partial charge in [-0.1, -0.05) is 12.1 Å². The maximum Gasteiger partial charge on any atom is 0.414 e. The summed E-state index contributed by atoms with van der Waals surface area (Å²) in [5.41, 5.74) is 0.659. The number of rotatable bonds is 3. The van der Waals surface area contributed by atoms with Crippen molar-refractivity contribution in [2.45, 2.75) is 44.9 Å². The Bertz CT molecular complexity index is 725. The number of benzene rings is 1. The van der Waals surface area contributed by atoms with Crippen LogP contribution in [0.3, 0.4) is 0 Å². The lowest BCUT2D eigenvalue weighted by Gasteiger charge is -2.43. The van der Waals surface area contributed by atoms with E-state index in [0.717, 1.165) is 39.0 Å². The third-order valence-electron chi connectivity index (χ3n) is 5.24. The lowest BCUT2D eigenvalue weighted by Crippen LogP contribution is -2.53. The number of aliphatic carboxylic acids is 2. The highest BCUT2D eigenvalue weighted by molar-refractivity contribution is 6.27. The number of hydrogen-bond donors (Lipinski definition) is 2. The number of ether oxygens (including phenoxy) is 2. The summed E-state index contributed by atoms with van der Waals surface area (Å²) >= 11 is 0. The van der Waals surface area contributed by atoms with Gasteiger partial charge in [0.2, 0.25) is 0 Å². The number of carboxylic acid groups (broad SMARTS) is 2. The number of para-hydroxylation sites is 1. The average molecular weight is 422 g/mol. The van der Waals surface area contributed by atoms with Crippen LogP contribution in [0.2, 0.25) is 0 Å². The van der Waals surface area contributed by atoms with Crippen LogP contribution in [0.1, 0.15) is 37.0 Å². The van der Waals surface area contributed by atoms with E-state index < -0.39 is 11.9 Å². The second-order valence-electron chi connectivity index (χ2n) is 7.55. The zero-order valence-electron chi connectivity index (χ0n) is 17.6. The lowest BCUT2D eigenvalue weighted by molar-refractivity contribution is -0.159. The largest absolute Gasteiger partial charge is 0.496 e. The highest BCUT2D eigenvalue weighted by Gasteiger charge is 2.32. The van der Waals surface area contributed by atoms with Gasteiger partial charge in [0.1, 0.15) is 5.75 Å². The van der Waals surface area contributed by atoms with Crippen molar-refractivity contribution in [3.63, 3.8) is 0 Å². The van der Waals surface area contributed by atoms with E-state index in [9.17, 15) is 4.79 Å². The molecule has 1 aromatic rings. The minimum Gasteiger partial charge on any atom is -0.496 e. The van der Waals surface area contributed by atoms with Gasteiger partial charge in [0.25, 0.3) is 5.91 Å². The van der Waals surface area contributed by atoms with Crippen LogP contribution in [-0.4, -0.2) is 89.4 Å². The first-order chi connectivity index (χ1) is 14.2. The Morgan fingerprint density at radius 3 is 2.03 bits per heavy atom. The van der Waals surface area contributed by atoms with Gasteiger partial charge in [-0.2, -0.15) is 0 Å².